The van der Waals surface area contributed by atoms with Crippen LogP contribution in [-0.4, -0.2) is 22.7 Å². The molecular formula is C21H20BrNO4. The van der Waals surface area contributed by atoms with E-state index in [1.54, 1.807) is 6.07 Å². The molecule has 6 heteroatoms. The van der Waals surface area contributed by atoms with E-state index in [4.69, 9.17) is 14.3 Å². The summed E-state index contributed by atoms with van der Waals surface area (Å²) in [5.74, 6) is 1.20. The van der Waals surface area contributed by atoms with Crippen LogP contribution in [0.25, 0.3) is 11.5 Å². The second-order valence-electron chi connectivity index (χ2n) is 6.30. The number of carbonyl (C=O) groups is 1. The molecule has 0 saturated carbocycles. The molecule has 27 heavy (non-hydrogen) atoms. The van der Waals surface area contributed by atoms with Crippen LogP contribution in [0, 0.1) is 13.8 Å². The number of nitrogens with zero attached hydrogens (tertiary/aromatic N) is 1. The van der Waals surface area contributed by atoms with Crippen LogP contribution in [0.5, 0.6) is 5.75 Å². The molecule has 0 aliphatic carbocycles. The Kier molecular flexibility index (Phi) is 5.96. The van der Waals surface area contributed by atoms with Gasteiger partial charge in [-0.15, -0.1) is 0 Å². The normalized spacial score (nSPS) is 10.8. The first-order valence-electron chi connectivity index (χ1n) is 8.59. The number of hydrogen-bond acceptors (Lipinski definition) is 4. The second kappa shape index (κ2) is 8.39. The Labute approximate surface area is 166 Å². The van der Waals surface area contributed by atoms with E-state index in [0.29, 0.717) is 24.7 Å². The third-order valence-electron chi connectivity index (χ3n) is 4.19. The largest absolute Gasteiger partial charge is 0.493 e. The van der Waals surface area contributed by atoms with Gasteiger partial charge in [-0.3, -0.25) is 4.79 Å². The van der Waals surface area contributed by atoms with E-state index >= 15 is 0 Å². The molecule has 1 N–H and O–H groups in total. The van der Waals surface area contributed by atoms with Crippen molar-refractivity contribution in [3.05, 3.63) is 69.5 Å². The number of hydrogen-bond donors (Lipinski definition) is 1. The average molecular weight is 430 g/mol. The summed E-state index contributed by atoms with van der Waals surface area (Å²) in [4.78, 5) is 15.5. The minimum absolute atomic E-state index is 0.0183. The van der Waals surface area contributed by atoms with E-state index in [-0.39, 0.29) is 6.42 Å². The van der Waals surface area contributed by atoms with E-state index in [2.05, 4.69) is 20.9 Å². The molecule has 0 amide bonds. The monoisotopic (exact) mass is 429 g/mol. The fraction of sp³-hybridized carbons (Fsp3) is 0.238. The van der Waals surface area contributed by atoms with Crippen LogP contribution in [0.1, 0.15) is 22.6 Å². The van der Waals surface area contributed by atoms with Gasteiger partial charge in [-0.05, 0) is 55.3 Å². The van der Waals surface area contributed by atoms with Crippen molar-refractivity contribution in [2.45, 2.75) is 26.7 Å². The molecule has 3 aromatic rings. The standard InChI is InChI=1S/C21H20BrNO4/c1-13-3-4-15(12-20(24)25)11-19(13)26-10-9-18-14(2)27-21(23-18)16-5-7-17(22)8-6-16/h3-8,11H,9-10,12H2,1-2H3,(H,24,25). The predicted molar refractivity (Wildman–Crippen MR) is 106 cm³/mol. The molecule has 0 aliphatic rings. The Hall–Kier alpha value is -2.60. The van der Waals surface area contributed by atoms with Crippen LogP contribution >= 0.6 is 15.9 Å². The minimum atomic E-state index is -0.858. The first-order valence-corrected chi connectivity index (χ1v) is 9.38. The number of benzene rings is 2. The first kappa shape index (κ1) is 19.2. The second-order valence-corrected chi connectivity index (χ2v) is 7.21. The average Bonchev–Trinajstić information content (AvgIpc) is 2.99. The third kappa shape index (κ3) is 4.98. The fourth-order valence-electron chi connectivity index (χ4n) is 2.72. The summed E-state index contributed by atoms with van der Waals surface area (Å²) >= 11 is 3.42. The SMILES string of the molecule is Cc1ccc(CC(=O)O)cc1OCCc1nc(-c2ccc(Br)cc2)oc1C. The predicted octanol–water partition coefficient (Wildman–Crippen LogP) is 4.97. The van der Waals surface area contributed by atoms with Gasteiger partial charge in [0.1, 0.15) is 11.5 Å². The Morgan fingerprint density at radius 2 is 1.93 bits per heavy atom. The van der Waals surface area contributed by atoms with Crippen LogP contribution in [0.4, 0.5) is 0 Å². The number of aryl methyl sites for hydroxylation is 2. The van der Waals surface area contributed by atoms with Gasteiger partial charge in [-0.25, -0.2) is 4.98 Å². The van der Waals surface area contributed by atoms with Gasteiger partial charge in [0.25, 0.3) is 0 Å². The molecular weight excluding hydrogens is 410 g/mol. The van der Waals surface area contributed by atoms with Crippen LogP contribution in [-0.2, 0) is 17.6 Å². The number of oxazole rings is 1. The van der Waals surface area contributed by atoms with Gasteiger partial charge in [0.2, 0.25) is 5.89 Å². The maximum atomic E-state index is 10.9. The molecule has 140 valence electrons. The molecule has 1 aromatic heterocycles. The van der Waals surface area contributed by atoms with Crippen molar-refractivity contribution in [1.29, 1.82) is 0 Å². The van der Waals surface area contributed by atoms with Crippen molar-refractivity contribution in [2.24, 2.45) is 0 Å². The third-order valence-corrected chi connectivity index (χ3v) is 4.72. The summed E-state index contributed by atoms with van der Waals surface area (Å²) in [5.41, 5.74) is 3.47. The number of aliphatic carboxylic acids is 1. The molecule has 0 spiro atoms. The zero-order valence-corrected chi connectivity index (χ0v) is 16.7. The van der Waals surface area contributed by atoms with E-state index in [0.717, 1.165) is 32.6 Å². The topological polar surface area (TPSA) is 72.6 Å². The Balaban J connectivity index is 1.66. The number of ether oxygens (including phenoxy) is 1. The maximum absolute atomic E-state index is 10.9. The number of rotatable bonds is 7. The van der Waals surface area contributed by atoms with E-state index < -0.39 is 5.97 Å². The fourth-order valence-corrected chi connectivity index (χ4v) is 2.98. The molecule has 0 aliphatic heterocycles. The summed E-state index contributed by atoms with van der Waals surface area (Å²) in [7, 11) is 0. The number of halogens is 1. The maximum Gasteiger partial charge on any atom is 0.307 e. The Bertz CT molecular complexity index is 947. The summed E-state index contributed by atoms with van der Waals surface area (Å²) in [6, 6.07) is 13.3. The molecule has 5 nitrogen and oxygen atoms in total. The Morgan fingerprint density at radius 1 is 1.19 bits per heavy atom. The van der Waals surface area contributed by atoms with Crippen LogP contribution in [0.2, 0.25) is 0 Å². The van der Waals surface area contributed by atoms with Crippen molar-refractivity contribution in [3.63, 3.8) is 0 Å². The van der Waals surface area contributed by atoms with E-state index in [9.17, 15) is 4.79 Å². The van der Waals surface area contributed by atoms with Gasteiger partial charge in [-0.2, -0.15) is 0 Å². The first-order chi connectivity index (χ1) is 12.9. The van der Waals surface area contributed by atoms with Crippen molar-refractivity contribution in [2.75, 3.05) is 6.61 Å². The summed E-state index contributed by atoms with van der Waals surface area (Å²) in [5, 5.41) is 8.93. The molecule has 0 radical (unpaired) electrons. The van der Waals surface area contributed by atoms with Crippen molar-refractivity contribution in [1.82, 2.24) is 4.98 Å². The molecule has 0 bridgehead atoms. The molecule has 1 heterocycles. The smallest absolute Gasteiger partial charge is 0.307 e. The van der Waals surface area contributed by atoms with Crippen molar-refractivity contribution < 1.29 is 19.1 Å². The quantitative estimate of drug-likeness (QED) is 0.573. The number of carboxylic acids is 1. The number of carboxylic acid groups (broad SMARTS) is 1. The molecule has 0 saturated heterocycles. The van der Waals surface area contributed by atoms with E-state index in [1.165, 1.54) is 0 Å². The lowest BCUT2D eigenvalue weighted by molar-refractivity contribution is -0.136. The molecule has 0 unspecified atom stereocenters. The van der Waals surface area contributed by atoms with Gasteiger partial charge in [0, 0.05) is 16.5 Å². The lowest BCUT2D eigenvalue weighted by Gasteiger charge is -2.10. The summed E-state index contributed by atoms with van der Waals surface area (Å²) in [6.07, 6.45) is 0.587. The van der Waals surface area contributed by atoms with Crippen molar-refractivity contribution in [3.8, 4) is 17.2 Å². The summed E-state index contributed by atoms with van der Waals surface area (Å²) < 4.78 is 12.7. The molecule has 0 fully saturated rings. The minimum Gasteiger partial charge on any atom is -0.493 e. The van der Waals surface area contributed by atoms with E-state index in [1.807, 2.05) is 50.2 Å². The van der Waals surface area contributed by atoms with Gasteiger partial charge >= 0.3 is 5.97 Å². The van der Waals surface area contributed by atoms with Gasteiger partial charge in [0.05, 0.1) is 18.7 Å². The Morgan fingerprint density at radius 3 is 2.63 bits per heavy atom. The highest BCUT2D eigenvalue weighted by Crippen LogP contribution is 2.24. The van der Waals surface area contributed by atoms with Crippen molar-refractivity contribution >= 4 is 21.9 Å². The highest BCUT2D eigenvalue weighted by molar-refractivity contribution is 9.10. The van der Waals surface area contributed by atoms with Gasteiger partial charge in [-0.1, -0.05) is 28.1 Å². The lowest BCUT2D eigenvalue weighted by Crippen LogP contribution is -2.05. The highest BCUT2D eigenvalue weighted by Gasteiger charge is 2.12. The number of aromatic nitrogens is 1. The zero-order valence-electron chi connectivity index (χ0n) is 15.2. The van der Waals surface area contributed by atoms with Gasteiger partial charge in [0.15, 0.2) is 0 Å². The van der Waals surface area contributed by atoms with Crippen LogP contribution in [0.15, 0.2) is 51.4 Å². The highest BCUT2D eigenvalue weighted by atomic mass is 79.9. The van der Waals surface area contributed by atoms with Crippen LogP contribution < -0.4 is 4.74 Å². The van der Waals surface area contributed by atoms with Crippen LogP contribution in [0.3, 0.4) is 0 Å². The zero-order chi connectivity index (χ0) is 19.4. The molecule has 2 aromatic carbocycles. The lowest BCUT2D eigenvalue weighted by atomic mass is 10.1. The van der Waals surface area contributed by atoms with Gasteiger partial charge < -0.3 is 14.3 Å². The molecule has 3 rings (SSSR count). The molecule has 0 atom stereocenters. The summed E-state index contributed by atoms with van der Waals surface area (Å²) in [6.45, 7) is 4.26.